The SMILES string of the molecule is COc1ccc(C(=O)N([C@@H]2CCc3c(F)cc(Cl)cc32)[C@@H](C(N)=O)c2ccccc2)cn1. The van der Waals surface area contributed by atoms with Gasteiger partial charge in [0, 0.05) is 17.3 Å². The fraction of sp³-hybridized carbons (Fsp3) is 0.208. The van der Waals surface area contributed by atoms with E-state index in [1.54, 1.807) is 48.5 Å². The topological polar surface area (TPSA) is 85.5 Å². The summed E-state index contributed by atoms with van der Waals surface area (Å²) in [6, 6.07) is 13.2. The zero-order chi connectivity index (χ0) is 22.8. The van der Waals surface area contributed by atoms with Crippen molar-refractivity contribution in [2.75, 3.05) is 7.11 Å². The van der Waals surface area contributed by atoms with E-state index in [9.17, 15) is 14.0 Å². The van der Waals surface area contributed by atoms with E-state index >= 15 is 0 Å². The summed E-state index contributed by atoms with van der Waals surface area (Å²) >= 11 is 6.13. The molecule has 0 radical (unpaired) electrons. The van der Waals surface area contributed by atoms with Crippen LogP contribution in [0.15, 0.2) is 60.8 Å². The number of hydrogen-bond donors (Lipinski definition) is 1. The Morgan fingerprint density at radius 2 is 1.97 bits per heavy atom. The molecule has 32 heavy (non-hydrogen) atoms. The van der Waals surface area contributed by atoms with Gasteiger partial charge in [0.1, 0.15) is 11.9 Å². The van der Waals surface area contributed by atoms with Crippen molar-refractivity contribution in [3.8, 4) is 5.88 Å². The Hall–Kier alpha value is -3.45. The summed E-state index contributed by atoms with van der Waals surface area (Å²) in [4.78, 5) is 31.9. The van der Waals surface area contributed by atoms with Gasteiger partial charge in [-0.3, -0.25) is 9.59 Å². The van der Waals surface area contributed by atoms with Gasteiger partial charge in [0.2, 0.25) is 11.8 Å². The lowest BCUT2D eigenvalue weighted by molar-refractivity contribution is -0.123. The molecule has 0 saturated carbocycles. The van der Waals surface area contributed by atoms with Crippen molar-refractivity contribution >= 4 is 23.4 Å². The third-order valence-corrected chi connectivity index (χ3v) is 5.87. The highest BCUT2D eigenvalue weighted by Crippen LogP contribution is 2.43. The predicted octanol–water partition coefficient (Wildman–Crippen LogP) is 4.24. The average molecular weight is 454 g/mol. The van der Waals surface area contributed by atoms with E-state index < -0.39 is 29.7 Å². The third-order valence-electron chi connectivity index (χ3n) is 5.65. The van der Waals surface area contributed by atoms with Gasteiger partial charge in [0.25, 0.3) is 5.91 Å². The number of primary amides is 1. The molecule has 0 spiro atoms. The number of carbonyl (C=O) groups is 2. The maximum absolute atomic E-state index is 14.6. The normalized spacial score (nSPS) is 15.7. The van der Waals surface area contributed by atoms with Crippen LogP contribution in [-0.2, 0) is 11.2 Å². The highest BCUT2D eigenvalue weighted by Gasteiger charge is 2.40. The largest absolute Gasteiger partial charge is 0.481 e. The van der Waals surface area contributed by atoms with Crippen LogP contribution in [0, 0.1) is 5.82 Å². The second-order valence-electron chi connectivity index (χ2n) is 7.53. The molecule has 8 heteroatoms. The van der Waals surface area contributed by atoms with E-state index in [1.165, 1.54) is 24.3 Å². The predicted molar refractivity (Wildman–Crippen MR) is 118 cm³/mol. The van der Waals surface area contributed by atoms with Gasteiger partial charge in [0.05, 0.1) is 18.7 Å². The Kier molecular flexibility index (Phi) is 6.10. The van der Waals surface area contributed by atoms with Gasteiger partial charge in [-0.05, 0) is 47.7 Å². The zero-order valence-electron chi connectivity index (χ0n) is 17.3. The maximum atomic E-state index is 14.6. The van der Waals surface area contributed by atoms with Crippen molar-refractivity contribution in [1.29, 1.82) is 0 Å². The van der Waals surface area contributed by atoms with Gasteiger partial charge in [-0.15, -0.1) is 0 Å². The molecule has 2 aromatic carbocycles. The Morgan fingerprint density at radius 3 is 2.59 bits per heavy atom. The first-order valence-corrected chi connectivity index (χ1v) is 10.4. The smallest absolute Gasteiger partial charge is 0.256 e. The van der Waals surface area contributed by atoms with Gasteiger partial charge in [0.15, 0.2) is 0 Å². The number of methoxy groups -OCH3 is 1. The van der Waals surface area contributed by atoms with Gasteiger partial charge < -0.3 is 15.4 Å². The molecular weight excluding hydrogens is 433 g/mol. The average Bonchev–Trinajstić information content (AvgIpc) is 3.21. The lowest BCUT2D eigenvalue weighted by Crippen LogP contribution is -2.43. The van der Waals surface area contributed by atoms with Crippen molar-refractivity contribution < 1.29 is 18.7 Å². The van der Waals surface area contributed by atoms with Crippen LogP contribution < -0.4 is 10.5 Å². The zero-order valence-corrected chi connectivity index (χ0v) is 18.1. The van der Waals surface area contributed by atoms with Crippen molar-refractivity contribution in [1.82, 2.24) is 9.88 Å². The van der Waals surface area contributed by atoms with Gasteiger partial charge in [-0.25, -0.2) is 9.37 Å². The molecule has 0 aliphatic heterocycles. The summed E-state index contributed by atoms with van der Waals surface area (Å²) < 4.78 is 19.6. The molecule has 164 valence electrons. The molecule has 2 amide bonds. The number of nitrogens with two attached hydrogens (primary N) is 1. The van der Waals surface area contributed by atoms with Crippen LogP contribution in [-0.4, -0.2) is 28.8 Å². The number of rotatable bonds is 6. The third kappa shape index (κ3) is 4.03. The summed E-state index contributed by atoms with van der Waals surface area (Å²) in [5, 5.41) is 0.224. The monoisotopic (exact) mass is 453 g/mol. The summed E-state index contributed by atoms with van der Waals surface area (Å²) in [6.45, 7) is 0. The molecule has 0 fully saturated rings. The fourth-order valence-electron chi connectivity index (χ4n) is 4.22. The second-order valence-corrected chi connectivity index (χ2v) is 7.96. The first-order valence-electron chi connectivity index (χ1n) is 10.1. The number of pyridine rings is 1. The molecule has 1 aromatic heterocycles. The molecule has 4 rings (SSSR count). The van der Waals surface area contributed by atoms with Crippen LogP contribution in [0.2, 0.25) is 5.02 Å². The molecule has 1 heterocycles. The summed E-state index contributed by atoms with van der Waals surface area (Å²) in [6.07, 6.45) is 2.22. The highest BCUT2D eigenvalue weighted by atomic mass is 35.5. The van der Waals surface area contributed by atoms with Crippen LogP contribution in [0.1, 0.15) is 45.6 Å². The van der Waals surface area contributed by atoms with E-state index in [-0.39, 0.29) is 10.6 Å². The first-order chi connectivity index (χ1) is 15.4. The van der Waals surface area contributed by atoms with Gasteiger partial charge in [-0.1, -0.05) is 41.9 Å². The van der Waals surface area contributed by atoms with Gasteiger partial charge in [-0.2, -0.15) is 0 Å². The number of fused-ring (bicyclic) bond motifs is 1. The molecular formula is C24H21ClFN3O3. The van der Waals surface area contributed by atoms with E-state index in [4.69, 9.17) is 22.1 Å². The molecule has 1 aliphatic carbocycles. The minimum Gasteiger partial charge on any atom is -0.481 e. The summed E-state index contributed by atoms with van der Waals surface area (Å²) in [5.41, 5.74) is 7.69. The number of benzene rings is 2. The van der Waals surface area contributed by atoms with E-state index in [1.807, 2.05) is 0 Å². The van der Waals surface area contributed by atoms with Crippen molar-refractivity contribution in [3.63, 3.8) is 0 Å². The quantitative estimate of drug-likeness (QED) is 0.605. The number of nitrogens with zero attached hydrogens (tertiary/aromatic N) is 2. The Balaban J connectivity index is 1.86. The molecule has 2 atom stereocenters. The van der Waals surface area contributed by atoms with E-state index in [0.717, 1.165) is 0 Å². The van der Waals surface area contributed by atoms with Crippen LogP contribution in [0.25, 0.3) is 0 Å². The van der Waals surface area contributed by atoms with E-state index in [2.05, 4.69) is 4.98 Å². The number of hydrogen-bond acceptors (Lipinski definition) is 4. The molecule has 2 N–H and O–H groups in total. The van der Waals surface area contributed by atoms with Gasteiger partial charge >= 0.3 is 0 Å². The Morgan fingerprint density at radius 1 is 1.22 bits per heavy atom. The lowest BCUT2D eigenvalue weighted by Gasteiger charge is -2.36. The number of ether oxygens (including phenoxy) is 1. The lowest BCUT2D eigenvalue weighted by atomic mass is 9.98. The minimum atomic E-state index is -1.07. The highest BCUT2D eigenvalue weighted by molar-refractivity contribution is 6.30. The molecule has 6 nitrogen and oxygen atoms in total. The van der Waals surface area contributed by atoms with Crippen LogP contribution in [0.5, 0.6) is 5.88 Å². The maximum Gasteiger partial charge on any atom is 0.256 e. The van der Waals surface area contributed by atoms with Crippen LogP contribution in [0.4, 0.5) is 4.39 Å². The second kappa shape index (κ2) is 8.96. The minimum absolute atomic E-state index is 0.224. The molecule has 0 saturated heterocycles. The van der Waals surface area contributed by atoms with Crippen molar-refractivity contribution in [2.24, 2.45) is 5.73 Å². The summed E-state index contributed by atoms with van der Waals surface area (Å²) in [7, 11) is 1.47. The van der Waals surface area contributed by atoms with Crippen molar-refractivity contribution in [3.05, 3.63) is 93.9 Å². The Labute approximate surface area is 189 Å². The van der Waals surface area contributed by atoms with Crippen molar-refractivity contribution in [2.45, 2.75) is 24.9 Å². The fourth-order valence-corrected chi connectivity index (χ4v) is 4.44. The molecule has 3 aromatic rings. The summed E-state index contributed by atoms with van der Waals surface area (Å²) in [5.74, 6) is -1.22. The number of halogens is 2. The van der Waals surface area contributed by atoms with E-state index in [0.29, 0.717) is 35.4 Å². The number of amides is 2. The molecule has 0 unspecified atom stereocenters. The Bertz CT molecular complexity index is 1160. The number of carbonyl (C=O) groups excluding carboxylic acids is 2. The first kappa shape index (κ1) is 21.8. The standard InChI is InChI=1S/C24H21ClFN3O3/c1-32-21-10-7-15(13-28-21)24(31)29(22(23(27)30)14-5-3-2-4-6-14)20-9-8-17-18(20)11-16(25)12-19(17)26/h2-7,10-13,20,22H,8-9H2,1H3,(H2,27,30)/t20-,22-/m1/s1. The van der Waals surface area contributed by atoms with Crippen LogP contribution >= 0.6 is 11.6 Å². The van der Waals surface area contributed by atoms with Crippen LogP contribution in [0.3, 0.4) is 0 Å². The number of aromatic nitrogens is 1. The molecule has 1 aliphatic rings. The molecule has 0 bridgehead atoms.